The summed E-state index contributed by atoms with van der Waals surface area (Å²) in [6.07, 6.45) is 1.63. The van der Waals surface area contributed by atoms with E-state index in [-0.39, 0.29) is 24.3 Å². The molecule has 1 fully saturated rings. The molecule has 3 aromatic rings. The van der Waals surface area contributed by atoms with Gasteiger partial charge in [0.15, 0.2) is 0 Å². The van der Waals surface area contributed by atoms with Gasteiger partial charge in [-0.15, -0.1) is 0 Å². The molecule has 0 aromatic heterocycles. The Morgan fingerprint density at radius 3 is 2.31 bits per heavy atom. The minimum absolute atomic E-state index is 0.0377. The number of carbonyl (C=O) groups excluding carboxylic acids is 3. The molecule has 1 heterocycles. The average Bonchev–Trinajstić information content (AvgIpc) is 3.61. The topological polar surface area (TPSA) is 78.5 Å². The number of rotatable bonds is 4. The van der Waals surface area contributed by atoms with Gasteiger partial charge >= 0.3 is 0 Å². The van der Waals surface area contributed by atoms with Crippen LogP contribution in [0.2, 0.25) is 0 Å². The predicted molar refractivity (Wildman–Crippen MR) is 127 cm³/mol. The third-order valence-electron chi connectivity index (χ3n) is 5.99. The van der Waals surface area contributed by atoms with Gasteiger partial charge in [0.1, 0.15) is 6.54 Å². The number of carbonyl (C=O) groups is 3. The first-order valence-corrected chi connectivity index (χ1v) is 11.1. The standard InChI is InChI=1S/C25H20BrN3O3/c26-18-9-7-17(8-10-18)25(13-14-25)24(32)27-19-11-5-16(6-12-19)23(31)29-15-22(30)28-20-3-1-2-4-21(20)29/h1-12H,13-15H2,(H,27,32)(H,28,30). The molecule has 160 valence electrons. The third-order valence-corrected chi connectivity index (χ3v) is 6.52. The molecule has 0 atom stereocenters. The van der Waals surface area contributed by atoms with Crippen LogP contribution in [0.25, 0.3) is 0 Å². The molecule has 0 radical (unpaired) electrons. The average molecular weight is 490 g/mol. The van der Waals surface area contributed by atoms with Gasteiger partial charge in [0.05, 0.1) is 16.8 Å². The minimum atomic E-state index is -0.486. The monoisotopic (exact) mass is 489 g/mol. The normalized spacial score (nSPS) is 16.0. The molecular weight excluding hydrogens is 470 g/mol. The van der Waals surface area contributed by atoms with E-state index in [1.54, 1.807) is 36.4 Å². The largest absolute Gasteiger partial charge is 0.325 e. The number of para-hydroxylation sites is 2. The molecule has 1 aliphatic heterocycles. The Morgan fingerprint density at radius 1 is 0.938 bits per heavy atom. The zero-order chi connectivity index (χ0) is 22.3. The van der Waals surface area contributed by atoms with E-state index in [2.05, 4.69) is 26.6 Å². The molecule has 0 spiro atoms. The quantitative estimate of drug-likeness (QED) is 0.556. The van der Waals surface area contributed by atoms with Crippen molar-refractivity contribution >= 4 is 50.7 Å². The van der Waals surface area contributed by atoms with Crippen LogP contribution in [0.5, 0.6) is 0 Å². The maximum atomic E-state index is 13.1. The smallest absolute Gasteiger partial charge is 0.258 e. The lowest BCUT2D eigenvalue weighted by atomic mass is 9.95. The lowest BCUT2D eigenvalue weighted by Gasteiger charge is -2.29. The Morgan fingerprint density at radius 2 is 1.62 bits per heavy atom. The van der Waals surface area contributed by atoms with Crippen molar-refractivity contribution in [1.29, 1.82) is 0 Å². The van der Waals surface area contributed by atoms with Gasteiger partial charge in [-0.1, -0.05) is 40.2 Å². The molecule has 1 saturated carbocycles. The summed E-state index contributed by atoms with van der Waals surface area (Å²) in [4.78, 5) is 39.6. The second-order valence-corrected chi connectivity index (χ2v) is 8.99. The fourth-order valence-corrected chi connectivity index (χ4v) is 4.32. The van der Waals surface area contributed by atoms with Crippen molar-refractivity contribution in [2.24, 2.45) is 0 Å². The molecule has 0 saturated heterocycles. The van der Waals surface area contributed by atoms with Crippen molar-refractivity contribution in [3.63, 3.8) is 0 Å². The van der Waals surface area contributed by atoms with Gasteiger partial charge < -0.3 is 10.6 Å². The molecule has 0 bridgehead atoms. The van der Waals surface area contributed by atoms with Crippen molar-refractivity contribution < 1.29 is 14.4 Å². The van der Waals surface area contributed by atoms with Crippen LogP contribution in [0.1, 0.15) is 28.8 Å². The Balaban J connectivity index is 1.32. The van der Waals surface area contributed by atoms with Gasteiger partial charge in [0.25, 0.3) is 5.91 Å². The van der Waals surface area contributed by atoms with Crippen molar-refractivity contribution in [3.8, 4) is 0 Å². The lowest BCUT2D eigenvalue weighted by Crippen LogP contribution is -2.42. The number of nitrogens with one attached hydrogen (secondary N) is 2. The summed E-state index contributed by atoms with van der Waals surface area (Å²) >= 11 is 3.43. The first kappa shape index (κ1) is 20.5. The van der Waals surface area contributed by atoms with Crippen LogP contribution in [0.3, 0.4) is 0 Å². The SMILES string of the molecule is O=C1CN(C(=O)c2ccc(NC(=O)C3(c4ccc(Br)cc4)CC3)cc2)c2ccccc2N1. The van der Waals surface area contributed by atoms with Crippen LogP contribution in [0.4, 0.5) is 17.1 Å². The molecule has 3 aromatic carbocycles. The van der Waals surface area contributed by atoms with E-state index in [1.165, 1.54) is 4.90 Å². The highest BCUT2D eigenvalue weighted by molar-refractivity contribution is 9.10. The van der Waals surface area contributed by atoms with Gasteiger partial charge in [0, 0.05) is 15.7 Å². The van der Waals surface area contributed by atoms with Crippen LogP contribution in [0, 0.1) is 0 Å². The molecule has 7 heteroatoms. The fraction of sp³-hybridized carbons (Fsp3) is 0.160. The summed E-state index contributed by atoms with van der Waals surface area (Å²) in [6.45, 7) is -0.0377. The van der Waals surface area contributed by atoms with Crippen LogP contribution < -0.4 is 15.5 Å². The van der Waals surface area contributed by atoms with Gasteiger partial charge in [0.2, 0.25) is 11.8 Å². The van der Waals surface area contributed by atoms with Crippen molar-refractivity contribution in [2.45, 2.75) is 18.3 Å². The number of benzene rings is 3. The third kappa shape index (κ3) is 3.69. The van der Waals surface area contributed by atoms with Crippen LogP contribution >= 0.6 is 15.9 Å². The number of halogens is 1. The molecule has 5 rings (SSSR count). The van der Waals surface area contributed by atoms with Gasteiger partial charge in [-0.05, 0) is 66.9 Å². The molecule has 2 N–H and O–H groups in total. The lowest BCUT2D eigenvalue weighted by molar-refractivity contribution is -0.118. The summed E-state index contributed by atoms with van der Waals surface area (Å²) in [7, 11) is 0. The van der Waals surface area contributed by atoms with Crippen molar-refractivity contribution in [2.75, 3.05) is 22.1 Å². The predicted octanol–water partition coefficient (Wildman–Crippen LogP) is 4.72. The summed E-state index contributed by atoms with van der Waals surface area (Å²) < 4.78 is 0.978. The zero-order valence-corrected chi connectivity index (χ0v) is 18.7. The Bertz CT molecular complexity index is 1220. The Kier molecular flexibility index (Phi) is 5.06. The number of hydrogen-bond donors (Lipinski definition) is 2. The second-order valence-electron chi connectivity index (χ2n) is 8.08. The van der Waals surface area contributed by atoms with Gasteiger partial charge in [-0.2, -0.15) is 0 Å². The van der Waals surface area contributed by atoms with E-state index in [4.69, 9.17) is 0 Å². The number of fused-ring (bicyclic) bond motifs is 1. The summed E-state index contributed by atoms with van der Waals surface area (Å²) in [5, 5.41) is 5.77. The van der Waals surface area contributed by atoms with Crippen molar-refractivity contribution in [3.05, 3.63) is 88.4 Å². The number of anilines is 3. The highest BCUT2D eigenvalue weighted by Crippen LogP contribution is 2.49. The van der Waals surface area contributed by atoms with E-state index < -0.39 is 5.41 Å². The van der Waals surface area contributed by atoms with E-state index in [0.717, 1.165) is 22.9 Å². The molecule has 3 amide bonds. The molecular formula is C25H20BrN3O3. The highest BCUT2D eigenvalue weighted by Gasteiger charge is 2.51. The van der Waals surface area contributed by atoms with Crippen molar-refractivity contribution in [1.82, 2.24) is 0 Å². The van der Waals surface area contributed by atoms with Crippen LogP contribution in [0.15, 0.2) is 77.3 Å². The minimum Gasteiger partial charge on any atom is -0.325 e. The van der Waals surface area contributed by atoms with E-state index in [1.807, 2.05) is 36.4 Å². The van der Waals surface area contributed by atoms with Crippen LogP contribution in [-0.4, -0.2) is 24.3 Å². The summed E-state index contributed by atoms with van der Waals surface area (Å²) in [5.74, 6) is -0.539. The fourth-order valence-electron chi connectivity index (χ4n) is 4.06. The number of hydrogen-bond acceptors (Lipinski definition) is 3. The first-order valence-electron chi connectivity index (χ1n) is 10.3. The second kappa shape index (κ2) is 7.91. The molecule has 6 nitrogen and oxygen atoms in total. The Hall–Kier alpha value is -3.45. The summed E-state index contributed by atoms with van der Waals surface area (Å²) in [6, 6.07) is 21.8. The maximum Gasteiger partial charge on any atom is 0.258 e. The van der Waals surface area contributed by atoms with E-state index in [0.29, 0.717) is 22.6 Å². The molecule has 32 heavy (non-hydrogen) atoms. The van der Waals surface area contributed by atoms with Gasteiger partial charge in [-0.3, -0.25) is 19.3 Å². The number of nitrogens with zero attached hydrogens (tertiary/aromatic N) is 1. The molecule has 1 aliphatic carbocycles. The molecule has 2 aliphatic rings. The van der Waals surface area contributed by atoms with Crippen LogP contribution in [-0.2, 0) is 15.0 Å². The van der Waals surface area contributed by atoms with E-state index >= 15 is 0 Å². The highest BCUT2D eigenvalue weighted by atomic mass is 79.9. The number of amides is 3. The van der Waals surface area contributed by atoms with Gasteiger partial charge in [-0.25, -0.2) is 0 Å². The Labute approximate surface area is 193 Å². The first-order chi connectivity index (χ1) is 15.5. The molecule has 0 unspecified atom stereocenters. The zero-order valence-electron chi connectivity index (χ0n) is 17.1. The van der Waals surface area contributed by atoms with E-state index in [9.17, 15) is 14.4 Å². The summed E-state index contributed by atoms with van der Waals surface area (Å²) in [5.41, 5.74) is 2.88. The maximum absolute atomic E-state index is 13.1.